The molecule has 4 rings (SSSR count). The van der Waals surface area contributed by atoms with Crippen LogP contribution in [0, 0.1) is 0 Å². The van der Waals surface area contributed by atoms with E-state index in [1.807, 2.05) is 36.7 Å². The summed E-state index contributed by atoms with van der Waals surface area (Å²) < 4.78 is 3.19. The van der Waals surface area contributed by atoms with E-state index in [-0.39, 0.29) is 6.61 Å². The minimum absolute atomic E-state index is 0.0557. The smallest absolute Gasteiger partial charge is 0.143 e. The highest BCUT2D eigenvalue weighted by molar-refractivity contribution is 9.10. The normalized spacial score (nSPS) is 12.8. The number of aliphatic hydroxyl groups is 1. The molecule has 1 aliphatic heterocycles. The third-order valence-electron chi connectivity index (χ3n) is 4.07. The Morgan fingerprint density at radius 1 is 1.18 bits per heavy atom. The minimum Gasteiger partial charge on any atom is -0.392 e. The van der Waals surface area contributed by atoms with Crippen molar-refractivity contribution in [2.75, 3.05) is 0 Å². The second kappa shape index (κ2) is 5.34. The van der Waals surface area contributed by atoms with Gasteiger partial charge in [0, 0.05) is 30.1 Å². The largest absolute Gasteiger partial charge is 0.392 e. The first kappa shape index (κ1) is 13.7. The molecule has 3 aromatic rings. The van der Waals surface area contributed by atoms with Gasteiger partial charge in [-0.2, -0.15) is 0 Å². The van der Waals surface area contributed by atoms with E-state index in [0.717, 1.165) is 45.8 Å². The highest BCUT2D eigenvalue weighted by Crippen LogP contribution is 2.36. The summed E-state index contributed by atoms with van der Waals surface area (Å²) in [4.78, 5) is 9.07. The summed E-state index contributed by atoms with van der Waals surface area (Å²) in [6.07, 6.45) is 4.71. The van der Waals surface area contributed by atoms with Crippen LogP contribution in [0.25, 0.3) is 22.6 Å². The van der Waals surface area contributed by atoms with Gasteiger partial charge in [0.15, 0.2) is 0 Å². The molecule has 22 heavy (non-hydrogen) atoms. The maximum Gasteiger partial charge on any atom is 0.143 e. The molecule has 0 unspecified atom stereocenters. The number of halogens is 1. The van der Waals surface area contributed by atoms with Crippen LogP contribution in [0.5, 0.6) is 0 Å². The van der Waals surface area contributed by atoms with Crippen LogP contribution < -0.4 is 0 Å². The number of rotatable bonds is 2. The summed E-state index contributed by atoms with van der Waals surface area (Å²) >= 11 is 3.69. The molecule has 0 amide bonds. The molecule has 1 N–H and O–H groups in total. The van der Waals surface area contributed by atoms with Crippen molar-refractivity contribution in [3.05, 3.63) is 58.5 Å². The van der Waals surface area contributed by atoms with Gasteiger partial charge in [0.25, 0.3) is 0 Å². The van der Waals surface area contributed by atoms with E-state index in [1.54, 1.807) is 0 Å². The number of imidazole rings is 1. The second-order valence-corrected chi connectivity index (χ2v) is 6.12. The lowest BCUT2D eigenvalue weighted by molar-refractivity contribution is 0.282. The van der Waals surface area contributed by atoms with E-state index in [4.69, 9.17) is 10.1 Å². The first-order chi connectivity index (χ1) is 10.8. The van der Waals surface area contributed by atoms with Crippen LogP contribution in [0.3, 0.4) is 0 Å². The van der Waals surface area contributed by atoms with E-state index >= 15 is 0 Å². The Hall–Kier alpha value is -1.98. The van der Waals surface area contributed by atoms with Gasteiger partial charge in [-0.3, -0.25) is 4.98 Å². The zero-order valence-electron chi connectivity index (χ0n) is 11.8. The van der Waals surface area contributed by atoms with Gasteiger partial charge in [0.2, 0.25) is 0 Å². The van der Waals surface area contributed by atoms with E-state index in [2.05, 4.69) is 31.5 Å². The van der Waals surface area contributed by atoms with E-state index in [1.165, 1.54) is 5.56 Å². The predicted octanol–water partition coefficient (Wildman–Crippen LogP) is 3.42. The van der Waals surface area contributed by atoms with Gasteiger partial charge < -0.3 is 9.67 Å². The molecule has 3 heterocycles. The molecule has 0 saturated heterocycles. The number of aliphatic hydroxyl groups excluding tert-OH is 1. The number of aryl methyl sites for hydroxylation is 1. The van der Waals surface area contributed by atoms with Crippen molar-refractivity contribution in [1.82, 2.24) is 14.5 Å². The van der Waals surface area contributed by atoms with Gasteiger partial charge in [-0.05, 0) is 39.5 Å². The Morgan fingerprint density at radius 3 is 2.77 bits per heavy atom. The molecule has 110 valence electrons. The summed E-state index contributed by atoms with van der Waals surface area (Å²) in [5.74, 6) is 0.961. The monoisotopic (exact) mass is 355 g/mol. The SMILES string of the molecule is OCc1ccc(-c2nc3n(c2Br)CCc2ccncc2-3)cc1. The maximum absolute atomic E-state index is 9.16. The highest BCUT2D eigenvalue weighted by Gasteiger charge is 2.23. The lowest BCUT2D eigenvalue weighted by atomic mass is 10.0. The molecular weight excluding hydrogens is 342 g/mol. The van der Waals surface area contributed by atoms with Gasteiger partial charge in [-0.1, -0.05) is 24.3 Å². The Kier molecular flexibility index (Phi) is 3.32. The number of fused-ring (bicyclic) bond motifs is 3. The molecule has 1 aliphatic rings. The zero-order chi connectivity index (χ0) is 15.1. The van der Waals surface area contributed by atoms with Gasteiger partial charge in [-0.15, -0.1) is 0 Å². The van der Waals surface area contributed by atoms with Crippen LogP contribution in [-0.4, -0.2) is 19.6 Å². The first-order valence-electron chi connectivity index (χ1n) is 7.17. The van der Waals surface area contributed by atoms with Crippen LogP contribution in [0.1, 0.15) is 11.1 Å². The summed E-state index contributed by atoms with van der Waals surface area (Å²) in [5.41, 5.74) is 5.26. The highest BCUT2D eigenvalue weighted by atomic mass is 79.9. The van der Waals surface area contributed by atoms with Gasteiger partial charge in [-0.25, -0.2) is 4.98 Å². The third kappa shape index (κ3) is 2.09. The molecule has 5 heteroatoms. The average Bonchev–Trinajstić information content (AvgIpc) is 2.92. The van der Waals surface area contributed by atoms with E-state index in [0.29, 0.717) is 0 Å². The van der Waals surface area contributed by atoms with E-state index < -0.39 is 0 Å². The fourth-order valence-corrected chi connectivity index (χ4v) is 3.53. The lowest BCUT2D eigenvalue weighted by Gasteiger charge is -2.17. The van der Waals surface area contributed by atoms with Crippen LogP contribution in [0.15, 0.2) is 47.3 Å². The molecule has 0 bridgehead atoms. The van der Waals surface area contributed by atoms with Crippen LogP contribution in [-0.2, 0) is 19.6 Å². The fraction of sp³-hybridized carbons (Fsp3) is 0.176. The molecule has 0 radical (unpaired) electrons. The van der Waals surface area contributed by atoms with Crippen molar-refractivity contribution < 1.29 is 5.11 Å². The summed E-state index contributed by atoms with van der Waals surface area (Å²) in [6.45, 7) is 0.967. The topological polar surface area (TPSA) is 50.9 Å². The van der Waals surface area contributed by atoms with Crippen molar-refractivity contribution in [2.24, 2.45) is 0 Å². The third-order valence-corrected chi connectivity index (χ3v) is 4.88. The molecule has 4 nitrogen and oxygen atoms in total. The van der Waals surface area contributed by atoms with Crippen molar-refractivity contribution in [3.8, 4) is 22.6 Å². The minimum atomic E-state index is 0.0557. The lowest BCUT2D eigenvalue weighted by Crippen LogP contribution is -2.11. The molecule has 1 aromatic carbocycles. The first-order valence-corrected chi connectivity index (χ1v) is 7.96. The Bertz CT molecular complexity index is 840. The number of hydrogen-bond acceptors (Lipinski definition) is 3. The Balaban J connectivity index is 1.85. The van der Waals surface area contributed by atoms with Crippen LogP contribution >= 0.6 is 15.9 Å². The van der Waals surface area contributed by atoms with Crippen LogP contribution in [0.2, 0.25) is 0 Å². The number of aromatic nitrogens is 3. The molecule has 2 aromatic heterocycles. The fourth-order valence-electron chi connectivity index (χ4n) is 2.87. The second-order valence-electron chi connectivity index (χ2n) is 5.36. The number of nitrogens with zero attached hydrogens (tertiary/aromatic N) is 3. The zero-order valence-corrected chi connectivity index (χ0v) is 13.4. The van der Waals surface area contributed by atoms with Crippen molar-refractivity contribution in [1.29, 1.82) is 0 Å². The van der Waals surface area contributed by atoms with Crippen molar-refractivity contribution in [3.63, 3.8) is 0 Å². The quantitative estimate of drug-likeness (QED) is 0.766. The standard InChI is InChI=1S/C17H14BrN3O/c18-16-15(13-3-1-11(10-22)2-4-13)20-17-14-9-19-7-5-12(14)6-8-21(16)17/h1-5,7,9,22H,6,8,10H2. The Labute approximate surface area is 136 Å². The van der Waals surface area contributed by atoms with Crippen LogP contribution in [0.4, 0.5) is 0 Å². The number of benzene rings is 1. The van der Waals surface area contributed by atoms with Gasteiger partial charge in [0.1, 0.15) is 16.1 Å². The number of pyridine rings is 1. The maximum atomic E-state index is 9.16. The van der Waals surface area contributed by atoms with Crippen molar-refractivity contribution in [2.45, 2.75) is 19.6 Å². The predicted molar refractivity (Wildman–Crippen MR) is 88.2 cm³/mol. The van der Waals surface area contributed by atoms with Gasteiger partial charge in [0.05, 0.1) is 6.61 Å². The molecule has 0 saturated carbocycles. The molecule has 0 atom stereocenters. The molecule has 0 aliphatic carbocycles. The summed E-state index contributed by atoms with van der Waals surface area (Å²) in [5, 5.41) is 9.16. The van der Waals surface area contributed by atoms with Crippen molar-refractivity contribution >= 4 is 15.9 Å². The number of hydrogen-bond donors (Lipinski definition) is 1. The summed E-state index contributed by atoms with van der Waals surface area (Å²) in [6, 6.07) is 9.91. The summed E-state index contributed by atoms with van der Waals surface area (Å²) in [7, 11) is 0. The average molecular weight is 356 g/mol. The Morgan fingerprint density at radius 2 is 2.00 bits per heavy atom. The molecular formula is C17H14BrN3O. The molecule has 0 fully saturated rings. The van der Waals surface area contributed by atoms with E-state index in [9.17, 15) is 0 Å². The van der Waals surface area contributed by atoms with Gasteiger partial charge >= 0.3 is 0 Å². The molecule has 0 spiro atoms.